The summed E-state index contributed by atoms with van der Waals surface area (Å²) >= 11 is 0. The van der Waals surface area contributed by atoms with Crippen LogP contribution in [0.25, 0.3) is 17.1 Å². The minimum absolute atomic E-state index is 0.826. The number of hydrogen-bond donors (Lipinski definition) is 0. The maximum absolute atomic E-state index is 5.15. The van der Waals surface area contributed by atoms with Crippen molar-refractivity contribution in [1.82, 2.24) is 9.97 Å². The van der Waals surface area contributed by atoms with Crippen LogP contribution >= 0.6 is 0 Å². The second kappa shape index (κ2) is 3.93. The van der Waals surface area contributed by atoms with Gasteiger partial charge in [0.1, 0.15) is 0 Å². The second-order valence-electron chi connectivity index (χ2n) is 3.18. The Bertz CT molecular complexity index is 562. The summed E-state index contributed by atoms with van der Waals surface area (Å²) in [5, 5.41) is 0. The third-order valence-corrected chi connectivity index (χ3v) is 2.12. The van der Waals surface area contributed by atoms with Gasteiger partial charge in [-0.2, -0.15) is 0 Å². The highest BCUT2D eigenvalue weighted by atomic mass is 14.8. The number of aromatic nitrogens is 2. The summed E-state index contributed by atoms with van der Waals surface area (Å²) in [6, 6.07) is 7.79. The van der Waals surface area contributed by atoms with E-state index in [9.17, 15) is 0 Å². The van der Waals surface area contributed by atoms with Crippen LogP contribution < -0.4 is 0 Å². The van der Waals surface area contributed by atoms with Crippen LogP contribution in [0.1, 0.15) is 11.4 Å². The Morgan fingerprint density at radius 1 is 1.20 bits per heavy atom. The van der Waals surface area contributed by atoms with Gasteiger partial charge in [-0.25, -0.2) is 9.97 Å². The summed E-state index contributed by atoms with van der Waals surface area (Å²) < 4.78 is 0. The average Bonchev–Trinajstić information content (AvgIpc) is 2.26. The number of terminal acetylenes is 1. The Kier molecular flexibility index (Phi) is 2.47. The summed E-state index contributed by atoms with van der Waals surface area (Å²) in [5.74, 6) is 2.44. The number of hydrogen-bond acceptors (Lipinski definition) is 2. The first-order valence-corrected chi connectivity index (χ1v) is 4.67. The number of aryl methyl sites for hydroxylation is 1. The molecule has 2 aromatic rings. The van der Waals surface area contributed by atoms with Crippen molar-refractivity contribution in [2.45, 2.75) is 6.92 Å². The minimum atomic E-state index is 0.826. The van der Waals surface area contributed by atoms with Crippen LogP contribution in [-0.4, -0.2) is 9.97 Å². The van der Waals surface area contributed by atoms with E-state index >= 15 is 0 Å². The average molecular weight is 194 g/mol. The first-order valence-electron chi connectivity index (χ1n) is 4.67. The third-order valence-electron chi connectivity index (χ3n) is 2.12. The van der Waals surface area contributed by atoms with Gasteiger partial charge in [-0.1, -0.05) is 18.1 Å². The maximum Gasteiger partial charge on any atom is 0.0894 e. The van der Waals surface area contributed by atoms with E-state index in [4.69, 9.17) is 6.42 Å². The van der Waals surface area contributed by atoms with Gasteiger partial charge in [-0.05, 0) is 31.2 Å². The molecular weight excluding hydrogens is 184 g/mol. The lowest BCUT2D eigenvalue weighted by Crippen LogP contribution is -1.92. The molecule has 15 heavy (non-hydrogen) atoms. The number of rotatable bonds is 1. The maximum atomic E-state index is 5.15. The summed E-state index contributed by atoms with van der Waals surface area (Å²) in [5.41, 5.74) is 3.51. The van der Waals surface area contributed by atoms with Crippen molar-refractivity contribution >= 4 is 17.1 Å². The molecule has 2 nitrogen and oxygen atoms in total. The SMILES string of the molecule is C#CC=Cc1nc2ccccc2nc1C. The number of para-hydroxylation sites is 2. The molecule has 0 aliphatic heterocycles. The zero-order valence-electron chi connectivity index (χ0n) is 8.44. The van der Waals surface area contributed by atoms with Crippen molar-refractivity contribution in [3.05, 3.63) is 41.7 Å². The molecule has 1 aromatic heterocycles. The molecule has 0 amide bonds. The van der Waals surface area contributed by atoms with Crippen molar-refractivity contribution in [3.8, 4) is 12.3 Å². The van der Waals surface area contributed by atoms with Gasteiger partial charge in [0, 0.05) is 0 Å². The summed E-state index contributed by atoms with van der Waals surface area (Å²) in [6.45, 7) is 1.93. The number of fused-ring (bicyclic) bond motifs is 1. The van der Waals surface area contributed by atoms with Gasteiger partial charge in [-0.15, -0.1) is 6.42 Å². The van der Waals surface area contributed by atoms with Crippen LogP contribution in [-0.2, 0) is 0 Å². The van der Waals surface area contributed by atoms with Crippen molar-refractivity contribution in [3.63, 3.8) is 0 Å². The highest BCUT2D eigenvalue weighted by molar-refractivity contribution is 5.75. The molecule has 1 aromatic carbocycles. The van der Waals surface area contributed by atoms with Crippen LogP contribution in [0.2, 0.25) is 0 Å². The molecule has 1 heterocycles. The molecule has 0 saturated carbocycles. The van der Waals surface area contributed by atoms with Gasteiger partial charge in [-0.3, -0.25) is 0 Å². The molecule has 0 bridgehead atoms. The highest BCUT2D eigenvalue weighted by Gasteiger charge is 2.00. The molecule has 2 heteroatoms. The molecule has 72 valence electrons. The van der Waals surface area contributed by atoms with Gasteiger partial charge in [0.2, 0.25) is 0 Å². The van der Waals surface area contributed by atoms with E-state index in [0.29, 0.717) is 0 Å². The monoisotopic (exact) mass is 194 g/mol. The summed E-state index contributed by atoms with van der Waals surface area (Å²) in [6.07, 6.45) is 8.59. The second-order valence-corrected chi connectivity index (χ2v) is 3.18. The van der Waals surface area contributed by atoms with Gasteiger partial charge in [0.25, 0.3) is 0 Å². The fraction of sp³-hybridized carbons (Fsp3) is 0.0769. The number of benzene rings is 1. The largest absolute Gasteiger partial charge is 0.249 e. The Morgan fingerprint density at radius 2 is 1.87 bits per heavy atom. The lowest BCUT2D eigenvalue weighted by atomic mass is 10.2. The van der Waals surface area contributed by atoms with Gasteiger partial charge >= 0.3 is 0 Å². The molecule has 0 unspecified atom stereocenters. The predicted octanol–water partition coefficient (Wildman–Crippen LogP) is 2.58. The number of allylic oxidation sites excluding steroid dienone is 1. The molecular formula is C13H10N2. The van der Waals surface area contributed by atoms with E-state index in [1.54, 1.807) is 12.2 Å². The van der Waals surface area contributed by atoms with Gasteiger partial charge in [0.15, 0.2) is 0 Å². The first kappa shape index (κ1) is 9.42. The molecule has 0 aliphatic rings. The van der Waals surface area contributed by atoms with Crippen molar-refractivity contribution in [2.24, 2.45) is 0 Å². The van der Waals surface area contributed by atoms with Gasteiger partial charge in [0.05, 0.1) is 22.4 Å². The van der Waals surface area contributed by atoms with E-state index in [-0.39, 0.29) is 0 Å². The van der Waals surface area contributed by atoms with Crippen molar-refractivity contribution in [2.75, 3.05) is 0 Å². The van der Waals surface area contributed by atoms with Crippen LogP contribution in [0.4, 0.5) is 0 Å². The molecule has 0 spiro atoms. The van der Waals surface area contributed by atoms with Crippen LogP contribution in [0.5, 0.6) is 0 Å². The lowest BCUT2D eigenvalue weighted by molar-refractivity contribution is 1.16. The molecule has 0 aliphatic carbocycles. The van der Waals surface area contributed by atoms with Crippen LogP contribution in [0.3, 0.4) is 0 Å². The van der Waals surface area contributed by atoms with E-state index in [1.807, 2.05) is 31.2 Å². The molecule has 0 saturated heterocycles. The zero-order chi connectivity index (χ0) is 10.7. The molecule has 0 atom stereocenters. The van der Waals surface area contributed by atoms with Crippen LogP contribution in [0.15, 0.2) is 30.3 Å². The van der Waals surface area contributed by atoms with Crippen molar-refractivity contribution < 1.29 is 0 Å². The smallest absolute Gasteiger partial charge is 0.0894 e. The first-order chi connectivity index (χ1) is 7.31. The quantitative estimate of drug-likeness (QED) is 0.652. The van der Waals surface area contributed by atoms with E-state index < -0.39 is 0 Å². The van der Waals surface area contributed by atoms with Gasteiger partial charge < -0.3 is 0 Å². The lowest BCUT2D eigenvalue weighted by Gasteiger charge is -2.01. The molecule has 0 radical (unpaired) electrons. The highest BCUT2D eigenvalue weighted by Crippen LogP contribution is 2.12. The zero-order valence-corrected chi connectivity index (χ0v) is 8.44. The van der Waals surface area contributed by atoms with Crippen LogP contribution in [0, 0.1) is 19.3 Å². The standard InChI is InChI=1S/C13H10N2/c1-3-4-7-11-10(2)14-12-8-5-6-9-13(12)15-11/h1,4-9H,2H3. The Hall–Kier alpha value is -2.14. The van der Waals surface area contributed by atoms with E-state index in [1.165, 1.54) is 0 Å². The molecule has 0 N–H and O–H groups in total. The normalized spacial score (nSPS) is 10.7. The Labute approximate surface area is 88.7 Å². The third kappa shape index (κ3) is 1.87. The van der Waals surface area contributed by atoms with E-state index in [0.717, 1.165) is 22.4 Å². The molecule has 0 fully saturated rings. The Morgan fingerprint density at radius 3 is 2.53 bits per heavy atom. The fourth-order valence-corrected chi connectivity index (χ4v) is 1.39. The van der Waals surface area contributed by atoms with Crippen molar-refractivity contribution in [1.29, 1.82) is 0 Å². The predicted molar refractivity (Wildman–Crippen MR) is 62.1 cm³/mol. The summed E-state index contributed by atoms with van der Waals surface area (Å²) in [7, 11) is 0. The minimum Gasteiger partial charge on any atom is -0.249 e. The number of nitrogens with zero attached hydrogens (tertiary/aromatic N) is 2. The Balaban J connectivity index is 2.63. The van der Waals surface area contributed by atoms with E-state index in [2.05, 4.69) is 15.9 Å². The fourth-order valence-electron chi connectivity index (χ4n) is 1.39. The summed E-state index contributed by atoms with van der Waals surface area (Å²) in [4.78, 5) is 8.91. The molecule has 2 rings (SSSR count). The topological polar surface area (TPSA) is 25.8 Å².